The van der Waals surface area contributed by atoms with Crippen LogP contribution in [0.1, 0.15) is 15.9 Å². The molecule has 0 fully saturated rings. The van der Waals surface area contributed by atoms with Gasteiger partial charge >= 0.3 is 0 Å². The van der Waals surface area contributed by atoms with E-state index in [1.54, 1.807) is 30.3 Å². The molecule has 0 unspecified atom stereocenters. The Morgan fingerprint density at radius 2 is 1.95 bits per heavy atom. The normalized spacial score (nSPS) is 10.1. The van der Waals surface area contributed by atoms with E-state index in [9.17, 15) is 4.79 Å². The number of methoxy groups -OCH3 is 1. The number of ether oxygens (including phenoxy) is 1. The SMILES string of the molecule is COc1cc(C(=O)NCc2ccc(Cl)cc2)ccc1N. The van der Waals surface area contributed by atoms with Gasteiger partial charge in [0, 0.05) is 17.1 Å². The van der Waals surface area contributed by atoms with E-state index in [-0.39, 0.29) is 5.91 Å². The second-order valence-electron chi connectivity index (χ2n) is 4.27. The number of benzene rings is 2. The Bertz CT molecular complexity index is 612. The topological polar surface area (TPSA) is 64.3 Å². The van der Waals surface area contributed by atoms with E-state index in [0.29, 0.717) is 28.6 Å². The first kappa shape index (κ1) is 14.2. The molecule has 3 N–H and O–H groups in total. The van der Waals surface area contributed by atoms with Crippen molar-refractivity contribution >= 4 is 23.2 Å². The van der Waals surface area contributed by atoms with Crippen molar-refractivity contribution in [3.8, 4) is 5.75 Å². The third-order valence-electron chi connectivity index (χ3n) is 2.86. The predicted molar refractivity (Wildman–Crippen MR) is 80.0 cm³/mol. The number of nitrogens with one attached hydrogen (secondary N) is 1. The van der Waals surface area contributed by atoms with Gasteiger partial charge in [-0.15, -0.1) is 0 Å². The number of nitrogens with two attached hydrogens (primary N) is 1. The zero-order valence-corrected chi connectivity index (χ0v) is 11.8. The zero-order valence-electron chi connectivity index (χ0n) is 11.0. The highest BCUT2D eigenvalue weighted by Gasteiger charge is 2.08. The van der Waals surface area contributed by atoms with Crippen LogP contribution >= 0.6 is 11.6 Å². The highest BCUT2D eigenvalue weighted by atomic mass is 35.5. The highest BCUT2D eigenvalue weighted by Crippen LogP contribution is 2.22. The first-order valence-electron chi connectivity index (χ1n) is 6.06. The molecule has 0 heterocycles. The van der Waals surface area contributed by atoms with Gasteiger partial charge in [0.25, 0.3) is 5.91 Å². The minimum Gasteiger partial charge on any atom is -0.495 e. The number of hydrogen-bond acceptors (Lipinski definition) is 3. The van der Waals surface area contributed by atoms with Crippen LogP contribution in [0.4, 0.5) is 5.69 Å². The smallest absolute Gasteiger partial charge is 0.251 e. The van der Waals surface area contributed by atoms with Gasteiger partial charge in [0.05, 0.1) is 12.8 Å². The van der Waals surface area contributed by atoms with Crippen LogP contribution in [-0.2, 0) is 6.54 Å². The van der Waals surface area contributed by atoms with Crippen LogP contribution in [0.5, 0.6) is 5.75 Å². The van der Waals surface area contributed by atoms with Gasteiger partial charge in [0.1, 0.15) is 5.75 Å². The molecule has 0 saturated heterocycles. The minimum atomic E-state index is -0.182. The van der Waals surface area contributed by atoms with Crippen molar-refractivity contribution < 1.29 is 9.53 Å². The molecule has 0 bridgehead atoms. The van der Waals surface area contributed by atoms with Crippen LogP contribution in [0.15, 0.2) is 42.5 Å². The van der Waals surface area contributed by atoms with Gasteiger partial charge in [-0.3, -0.25) is 4.79 Å². The summed E-state index contributed by atoms with van der Waals surface area (Å²) in [7, 11) is 1.51. The fourth-order valence-electron chi connectivity index (χ4n) is 1.74. The van der Waals surface area contributed by atoms with Crippen LogP contribution in [-0.4, -0.2) is 13.0 Å². The molecule has 0 atom stereocenters. The largest absolute Gasteiger partial charge is 0.495 e. The van der Waals surface area contributed by atoms with Crippen molar-refractivity contribution in [2.45, 2.75) is 6.54 Å². The third kappa shape index (κ3) is 3.42. The fraction of sp³-hybridized carbons (Fsp3) is 0.133. The van der Waals surface area contributed by atoms with Gasteiger partial charge in [-0.1, -0.05) is 23.7 Å². The van der Waals surface area contributed by atoms with Gasteiger partial charge < -0.3 is 15.8 Å². The van der Waals surface area contributed by atoms with Crippen molar-refractivity contribution in [3.63, 3.8) is 0 Å². The summed E-state index contributed by atoms with van der Waals surface area (Å²) >= 11 is 5.81. The number of halogens is 1. The molecule has 0 spiro atoms. The van der Waals surface area contributed by atoms with E-state index in [1.807, 2.05) is 12.1 Å². The van der Waals surface area contributed by atoms with E-state index >= 15 is 0 Å². The van der Waals surface area contributed by atoms with E-state index in [4.69, 9.17) is 22.1 Å². The molecule has 5 heteroatoms. The van der Waals surface area contributed by atoms with Gasteiger partial charge in [-0.2, -0.15) is 0 Å². The molecule has 2 aromatic rings. The lowest BCUT2D eigenvalue weighted by atomic mass is 10.1. The first-order valence-corrected chi connectivity index (χ1v) is 6.44. The van der Waals surface area contributed by atoms with E-state index in [2.05, 4.69) is 5.32 Å². The lowest BCUT2D eigenvalue weighted by Crippen LogP contribution is -2.22. The van der Waals surface area contributed by atoms with Gasteiger partial charge in [-0.05, 0) is 35.9 Å². The Balaban J connectivity index is 2.03. The molecule has 20 heavy (non-hydrogen) atoms. The van der Waals surface area contributed by atoms with Crippen LogP contribution < -0.4 is 15.8 Å². The molecule has 4 nitrogen and oxygen atoms in total. The van der Waals surface area contributed by atoms with E-state index < -0.39 is 0 Å². The summed E-state index contributed by atoms with van der Waals surface area (Å²) in [6.45, 7) is 0.433. The zero-order chi connectivity index (χ0) is 14.5. The van der Waals surface area contributed by atoms with Crippen LogP contribution in [0.25, 0.3) is 0 Å². The van der Waals surface area contributed by atoms with Crippen molar-refractivity contribution in [1.82, 2.24) is 5.32 Å². The predicted octanol–water partition coefficient (Wildman–Crippen LogP) is 2.86. The molecule has 2 rings (SSSR count). The number of rotatable bonds is 4. The van der Waals surface area contributed by atoms with Gasteiger partial charge in [-0.25, -0.2) is 0 Å². The van der Waals surface area contributed by atoms with Crippen LogP contribution in [0, 0.1) is 0 Å². The summed E-state index contributed by atoms with van der Waals surface area (Å²) < 4.78 is 5.09. The maximum atomic E-state index is 12.0. The summed E-state index contributed by atoms with van der Waals surface area (Å²) in [5.74, 6) is 0.308. The lowest BCUT2D eigenvalue weighted by Gasteiger charge is -2.08. The molecule has 104 valence electrons. The summed E-state index contributed by atoms with van der Waals surface area (Å²) in [6, 6.07) is 12.2. The number of nitrogen functional groups attached to an aromatic ring is 1. The molecule has 0 aliphatic rings. The number of anilines is 1. The Kier molecular flexibility index (Phi) is 4.48. The summed E-state index contributed by atoms with van der Waals surface area (Å²) in [5, 5.41) is 3.50. The van der Waals surface area contributed by atoms with Crippen molar-refractivity contribution in [2.75, 3.05) is 12.8 Å². The van der Waals surface area contributed by atoms with Crippen molar-refractivity contribution in [3.05, 3.63) is 58.6 Å². The summed E-state index contributed by atoms with van der Waals surface area (Å²) in [4.78, 5) is 12.0. The Labute approximate surface area is 122 Å². The molecule has 2 aromatic carbocycles. The maximum absolute atomic E-state index is 12.0. The van der Waals surface area contributed by atoms with Crippen LogP contribution in [0.2, 0.25) is 5.02 Å². The Morgan fingerprint density at radius 1 is 1.25 bits per heavy atom. The molecular formula is C15H15ClN2O2. The quantitative estimate of drug-likeness (QED) is 0.851. The van der Waals surface area contributed by atoms with E-state index in [1.165, 1.54) is 7.11 Å². The van der Waals surface area contributed by atoms with Gasteiger partial charge in [0.2, 0.25) is 0 Å². The molecule has 0 aromatic heterocycles. The highest BCUT2D eigenvalue weighted by molar-refractivity contribution is 6.30. The summed E-state index contributed by atoms with van der Waals surface area (Å²) in [5.41, 5.74) is 7.69. The molecule has 0 aliphatic carbocycles. The second kappa shape index (κ2) is 6.30. The molecule has 1 amide bonds. The second-order valence-corrected chi connectivity index (χ2v) is 4.70. The van der Waals surface area contributed by atoms with Crippen molar-refractivity contribution in [2.24, 2.45) is 0 Å². The number of amides is 1. The number of carbonyl (C=O) groups excluding carboxylic acids is 1. The van der Waals surface area contributed by atoms with Crippen LogP contribution in [0.3, 0.4) is 0 Å². The maximum Gasteiger partial charge on any atom is 0.251 e. The molecule has 0 aliphatic heterocycles. The molecular weight excluding hydrogens is 276 g/mol. The number of carbonyl (C=O) groups is 1. The van der Waals surface area contributed by atoms with E-state index in [0.717, 1.165) is 5.56 Å². The average Bonchev–Trinajstić information content (AvgIpc) is 2.47. The fourth-order valence-corrected chi connectivity index (χ4v) is 1.87. The Morgan fingerprint density at radius 3 is 2.60 bits per heavy atom. The lowest BCUT2D eigenvalue weighted by molar-refractivity contribution is 0.0950. The minimum absolute atomic E-state index is 0.182. The monoisotopic (exact) mass is 290 g/mol. The average molecular weight is 291 g/mol. The van der Waals surface area contributed by atoms with Crippen molar-refractivity contribution in [1.29, 1.82) is 0 Å². The molecule has 0 radical (unpaired) electrons. The van der Waals surface area contributed by atoms with Gasteiger partial charge in [0.15, 0.2) is 0 Å². The number of hydrogen-bond donors (Lipinski definition) is 2. The summed E-state index contributed by atoms with van der Waals surface area (Å²) in [6.07, 6.45) is 0. The standard InChI is InChI=1S/C15H15ClN2O2/c1-20-14-8-11(4-7-13(14)17)15(19)18-9-10-2-5-12(16)6-3-10/h2-8H,9,17H2,1H3,(H,18,19). The first-order chi connectivity index (χ1) is 9.60. The molecule has 0 saturated carbocycles. The third-order valence-corrected chi connectivity index (χ3v) is 3.11. The Hall–Kier alpha value is -2.20.